The van der Waals surface area contributed by atoms with Crippen LogP contribution >= 0.6 is 23.2 Å². The van der Waals surface area contributed by atoms with Crippen molar-refractivity contribution in [1.82, 2.24) is 9.55 Å². The molecule has 1 aliphatic heterocycles. The maximum Gasteiger partial charge on any atom is 0.184 e. The van der Waals surface area contributed by atoms with Gasteiger partial charge in [0.05, 0.1) is 31.7 Å². The van der Waals surface area contributed by atoms with Gasteiger partial charge in [-0.2, -0.15) is 0 Å². The Morgan fingerprint density at radius 3 is 2.33 bits per heavy atom. The van der Waals surface area contributed by atoms with E-state index in [-0.39, 0.29) is 24.0 Å². The van der Waals surface area contributed by atoms with Crippen molar-refractivity contribution in [2.75, 3.05) is 0 Å². The number of halogens is 2. The zero-order chi connectivity index (χ0) is 25.1. The first kappa shape index (κ1) is 25.0. The van der Waals surface area contributed by atoms with Crippen LogP contribution in [0.1, 0.15) is 41.1 Å². The minimum Gasteiger partial charge on any atom is -0.392 e. The van der Waals surface area contributed by atoms with E-state index in [9.17, 15) is 5.11 Å². The Bertz CT molecular complexity index is 1310. The highest BCUT2D eigenvalue weighted by atomic mass is 35.5. The molecule has 1 aromatic heterocycles. The van der Waals surface area contributed by atoms with Crippen LogP contribution in [0.4, 0.5) is 0 Å². The van der Waals surface area contributed by atoms with Crippen LogP contribution in [0.3, 0.4) is 0 Å². The molecule has 0 saturated carbocycles. The van der Waals surface area contributed by atoms with E-state index in [1.54, 1.807) is 10.9 Å². The van der Waals surface area contributed by atoms with Crippen LogP contribution in [0.15, 0.2) is 79.1 Å². The van der Waals surface area contributed by atoms with Crippen LogP contribution in [-0.4, -0.2) is 20.8 Å². The average molecular weight is 524 g/mol. The van der Waals surface area contributed by atoms with Crippen molar-refractivity contribution in [1.29, 1.82) is 0 Å². The Morgan fingerprint density at radius 2 is 1.67 bits per heavy atom. The van der Waals surface area contributed by atoms with Gasteiger partial charge in [-0.05, 0) is 27.8 Å². The first-order valence-corrected chi connectivity index (χ1v) is 12.6. The zero-order valence-electron chi connectivity index (χ0n) is 19.6. The molecule has 3 unspecified atom stereocenters. The smallest absolute Gasteiger partial charge is 0.184 e. The van der Waals surface area contributed by atoms with Gasteiger partial charge in [0.1, 0.15) is 5.15 Å². The number of nitrogens with zero attached hydrogens (tertiary/aromatic N) is 2. The molecule has 186 valence electrons. The highest BCUT2D eigenvalue weighted by Crippen LogP contribution is 2.39. The number of imidazole rings is 1. The lowest BCUT2D eigenvalue weighted by Gasteiger charge is -2.36. The van der Waals surface area contributed by atoms with E-state index >= 15 is 0 Å². The summed E-state index contributed by atoms with van der Waals surface area (Å²) in [5.41, 5.74) is 12.0. The van der Waals surface area contributed by atoms with E-state index in [1.165, 1.54) is 0 Å². The normalized spacial score (nSPS) is 19.9. The summed E-state index contributed by atoms with van der Waals surface area (Å²) in [5.74, 6) is 0. The van der Waals surface area contributed by atoms with Gasteiger partial charge in [0.15, 0.2) is 11.4 Å². The topological polar surface area (TPSA) is 82.5 Å². The number of nitrogens with two attached hydrogens (primary N) is 1. The average Bonchev–Trinajstić information content (AvgIpc) is 3.25. The van der Waals surface area contributed by atoms with Gasteiger partial charge in [0, 0.05) is 18.5 Å². The van der Waals surface area contributed by atoms with E-state index in [1.807, 2.05) is 54.6 Å². The Balaban J connectivity index is 1.42. The predicted octanol–water partition coefficient (Wildman–Crippen LogP) is 6.05. The number of aliphatic hydroxyl groups excluding tert-OH is 1. The molecule has 0 spiro atoms. The first-order valence-electron chi connectivity index (χ1n) is 11.8. The molecule has 3 aromatic carbocycles. The van der Waals surface area contributed by atoms with Gasteiger partial charge in [0.25, 0.3) is 0 Å². The predicted molar refractivity (Wildman–Crippen MR) is 140 cm³/mol. The Labute approximate surface area is 220 Å². The number of rotatable bonds is 7. The fraction of sp³-hybridized carbons (Fsp3) is 0.250. The highest BCUT2D eigenvalue weighted by molar-refractivity contribution is 6.40. The number of hydrogen-bond donors (Lipinski definition) is 2. The molecule has 1 fully saturated rings. The van der Waals surface area contributed by atoms with Crippen LogP contribution in [-0.2, 0) is 29.2 Å². The molecule has 36 heavy (non-hydrogen) atoms. The largest absolute Gasteiger partial charge is 0.392 e. The summed E-state index contributed by atoms with van der Waals surface area (Å²) < 4.78 is 14.6. The van der Waals surface area contributed by atoms with Gasteiger partial charge < -0.3 is 24.9 Å². The standard InChI is InChI=1S/C28H27Cl2N3O3/c29-26-27(30)33(17-32-26)15-23-13-25(20-7-5-18(16-34)6-8-20)36-28(35-23)21-11-9-19(10-12-21)24-4-2-1-3-22(24)14-31/h1-12,17,23,25,28,34H,13-16,31H2. The number of aromatic nitrogens is 2. The molecular formula is C28H27Cl2N3O3. The lowest BCUT2D eigenvalue weighted by molar-refractivity contribution is -0.252. The molecule has 0 radical (unpaired) electrons. The Kier molecular flexibility index (Phi) is 7.72. The summed E-state index contributed by atoms with van der Waals surface area (Å²) >= 11 is 12.4. The minimum absolute atomic E-state index is 0.000311. The third kappa shape index (κ3) is 5.34. The maximum absolute atomic E-state index is 9.41. The summed E-state index contributed by atoms with van der Waals surface area (Å²) in [4.78, 5) is 4.08. The second-order valence-corrected chi connectivity index (χ2v) is 9.53. The lowest BCUT2D eigenvalue weighted by atomic mass is 9.97. The number of hydrogen-bond acceptors (Lipinski definition) is 5. The third-order valence-corrected chi connectivity index (χ3v) is 7.25. The van der Waals surface area contributed by atoms with Gasteiger partial charge in [-0.15, -0.1) is 0 Å². The van der Waals surface area contributed by atoms with Crippen molar-refractivity contribution < 1.29 is 14.6 Å². The van der Waals surface area contributed by atoms with Gasteiger partial charge in [-0.25, -0.2) is 4.98 Å². The van der Waals surface area contributed by atoms with Crippen molar-refractivity contribution in [3.05, 3.63) is 112 Å². The van der Waals surface area contributed by atoms with E-state index in [0.717, 1.165) is 33.4 Å². The maximum atomic E-state index is 9.41. The highest BCUT2D eigenvalue weighted by Gasteiger charge is 2.33. The van der Waals surface area contributed by atoms with Gasteiger partial charge in [-0.1, -0.05) is 96.0 Å². The monoisotopic (exact) mass is 523 g/mol. The Hall–Kier alpha value is -2.71. The molecule has 6 nitrogen and oxygen atoms in total. The molecule has 1 saturated heterocycles. The molecule has 3 atom stereocenters. The summed E-state index contributed by atoms with van der Waals surface area (Å²) in [6.45, 7) is 0.970. The van der Waals surface area contributed by atoms with E-state index in [2.05, 4.69) is 23.2 Å². The lowest BCUT2D eigenvalue weighted by Crippen LogP contribution is -2.32. The molecule has 0 aliphatic carbocycles. The molecule has 3 N–H and O–H groups in total. The second kappa shape index (κ2) is 11.1. The molecule has 0 amide bonds. The molecule has 4 aromatic rings. The van der Waals surface area contributed by atoms with Crippen molar-refractivity contribution >= 4 is 23.2 Å². The molecule has 8 heteroatoms. The molecular weight excluding hydrogens is 497 g/mol. The van der Waals surface area contributed by atoms with Crippen LogP contribution in [0, 0.1) is 0 Å². The van der Waals surface area contributed by atoms with Crippen molar-refractivity contribution in [3.63, 3.8) is 0 Å². The fourth-order valence-electron chi connectivity index (χ4n) is 4.52. The molecule has 5 rings (SSSR count). The quantitative estimate of drug-likeness (QED) is 0.308. The SMILES string of the molecule is NCc1ccccc1-c1ccc(C2OC(Cn3cnc(Cl)c3Cl)CC(c3ccc(CO)cc3)O2)cc1. The van der Waals surface area contributed by atoms with Gasteiger partial charge in [-0.3, -0.25) is 0 Å². The summed E-state index contributed by atoms with van der Waals surface area (Å²) in [6, 6.07) is 24.1. The van der Waals surface area contributed by atoms with Crippen molar-refractivity contribution in [3.8, 4) is 11.1 Å². The van der Waals surface area contributed by atoms with Gasteiger partial charge in [0.2, 0.25) is 0 Å². The van der Waals surface area contributed by atoms with Gasteiger partial charge >= 0.3 is 0 Å². The second-order valence-electron chi connectivity index (χ2n) is 8.81. The van der Waals surface area contributed by atoms with Crippen LogP contribution < -0.4 is 5.73 Å². The summed E-state index contributed by atoms with van der Waals surface area (Å²) in [7, 11) is 0. The van der Waals surface area contributed by atoms with Crippen LogP contribution in [0.25, 0.3) is 11.1 Å². The van der Waals surface area contributed by atoms with Crippen LogP contribution in [0.2, 0.25) is 10.3 Å². The first-order chi connectivity index (χ1) is 17.6. The summed E-state index contributed by atoms with van der Waals surface area (Å²) in [5, 5.41) is 10.1. The van der Waals surface area contributed by atoms with E-state index < -0.39 is 6.29 Å². The molecule has 2 heterocycles. The fourth-order valence-corrected chi connectivity index (χ4v) is 4.84. The zero-order valence-corrected chi connectivity index (χ0v) is 21.1. The number of aliphatic hydroxyl groups is 1. The van der Waals surface area contributed by atoms with E-state index in [0.29, 0.717) is 24.7 Å². The summed E-state index contributed by atoms with van der Waals surface area (Å²) in [6.07, 6.45) is 1.29. The number of ether oxygens (including phenoxy) is 2. The van der Waals surface area contributed by atoms with Crippen LogP contribution in [0.5, 0.6) is 0 Å². The van der Waals surface area contributed by atoms with Crippen molar-refractivity contribution in [2.45, 2.75) is 44.6 Å². The number of benzene rings is 3. The Morgan fingerprint density at radius 1 is 0.944 bits per heavy atom. The van der Waals surface area contributed by atoms with Crippen molar-refractivity contribution in [2.24, 2.45) is 5.73 Å². The molecule has 1 aliphatic rings. The minimum atomic E-state index is -0.567. The third-order valence-electron chi connectivity index (χ3n) is 6.48. The molecule has 0 bridgehead atoms. The van der Waals surface area contributed by atoms with E-state index in [4.69, 9.17) is 38.4 Å².